The molecular formula is C17H24FN. The van der Waals surface area contributed by atoms with Crippen LogP contribution in [0.25, 0.3) is 0 Å². The Morgan fingerprint density at radius 1 is 1.37 bits per heavy atom. The fourth-order valence-electron chi connectivity index (χ4n) is 2.13. The van der Waals surface area contributed by atoms with Gasteiger partial charge in [-0.2, -0.15) is 0 Å². The van der Waals surface area contributed by atoms with Crippen molar-refractivity contribution >= 4 is 0 Å². The van der Waals surface area contributed by atoms with Gasteiger partial charge in [0.1, 0.15) is 5.82 Å². The van der Waals surface area contributed by atoms with E-state index in [1.54, 1.807) is 0 Å². The summed E-state index contributed by atoms with van der Waals surface area (Å²) in [5, 5.41) is 0. The molecule has 0 amide bonds. The zero-order valence-corrected chi connectivity index (χ0v) is 12.4. The zero-order chi connectivity index (χ0) is 14.4. The van der Waals surface area contributed by atoms with E-state index in [0.29, 0.717) is 5.92 Å². The summed E-state index contributed by atoms with van der Waals surface area (Å²) in [6, 6.07) is 6.67. The van der Waals surface area contributed by atoms with Gasteiger partial charge in [0.2, 0.25) is 0 Å². The van der Waals surface area contributed by atoms with E-state index in [0.717, 1.165) is 24.2 Å². The largest absolute Gasteiger partial charge is 0.345 e. The average Bonchev–Trinajstić information content (AvgIpc) is 2.40. The topological polar surface area (TPSA) is 3.24 Å². The summed E-state index contributed by atoms with van der Waals surface area (Å²) in [6.45, 7) is 13.3. The van der Waals surface area contributed by atoms with Crippen molar-refractivity contribution in [2.45, 2.75) is 40.7 Å². The summed E-state index contributed by atoms with van der Waals surface area (Å²) in [7, 11) is 0. The van der Waals surface area contributed by atoms with E-state index in [2.05, 4.69) is 38.3 Å². The summed E-state index contributed by atoms with van der Waals surface area (Å²) in [5.74, 6) is 0.293. The van der Waals surface area contributed by atoms with Crippen LogP contribution in [0.1, 0.15) is 39.7 Å². The van der Waals surface area contributed by atoms with Crippen molar-refractivity contribution in [3.05, 3.63) is 59.7 Å². The van der Waals surface area contributed by atoms with Crippen molar-refractivity contribution in [2.24, 2.45) is 5.92 Å². The number of rotatable bonds is 6. The molecule has 1 atom stereocenters. The highest BCUT2D eigenvalue weighted by molar-refractivity contribution is 5.20. The van der Waals surface area contributed by atoms with E-state index in [1.165, 1.54) is 17.8 Å². The van der Waals surface area contributed by atoms with Crippen LogP contribution in [0.2, 0.25) is 0 Å². The molecule has 0 aromatic heterocycles. The normalized spacial score (nSPS) is 13.2. The second-order valence-corrected chi connectivity index (χ2v) is 4.97. The number of hydrogen-bond donors (Lipinski definition) is 0. The molecule has 1 aromatic carbocycles. The van der Waals surface area contributed by atoms with E-state index < -0.39 is 0 Å². The Morgan fingerprint density at radius 3 is 2.37 bits per heavy atom. The molecule has 104 valence electrons. The van der Waals surface area contributed by atoms with Crippen LogP contribution in [0.3, 0.4) is 0 Å². The van der Waals surface area contributed by atoms with E-state index >= 15 is 0 Å². The van der Waals surface area contributed by atoms with E-state index in [-0.39, 0.29) is 5.82 Å². The van der Waals surface area contributed by atoms with Crippen LogP contribution in [-0.4, -0.2) is 4.90 Å². The van der Waals surface area contributed by atoms with Crippen LogP contribution in [0.15, 0.2) is 48.3 Å². The minimum absolute atomic E-state index is 0.196. The van der Waals surface area contributed by atoms with Crippen LogP contribution in [-0.2, 0) is 6.54 Å². The first-order valence-corrected chi connectivity index (χ1v) is 6.83. The summed E-state index contributed by atoms with van der Waals surface area (Å²) in [5.41, 5.74) is 3.38. The molecular weight excluding hydrogens is 237 g/mol. The van der Waals surface area contributed by atoms with Gasteiger partial charge in [-0.25, -0.2) is 4.39 Å². The quantitative estimate of drug-likeness (QED) is 0.687. The summed E-state index contributed by atoms with van der Waals surface area (Å²) < 4.78 is 12.9. The predicted octanol–water partition coefficient (Wildman–Crippen LogP) is 5.11. The Bertz CT molecular complexity index is 445. The first kappa shape index (κ1) is 15.5. The third-order valence-electron chi connectivity index (χ3n) is 3.44. The van der Waals surface area contributed by atoms with Gasteiger partial charge in [0.05, 0.1) is 0 Å². The highest BCUT2D eigenvalue weighted by Gasteiger charge is 2.15. The number of hydrogen-bond acceptors (Lipinski definition) is 1. The van der Waals surface area contributed by atoms with E-state index in [9.17, 15) is 4.39 Å². The molecule has 2 heteroatoms. The molecule has 0 aliphatic heterocycles. The molecule has 1 unspecified atom stereocenters. The number of halogens is 1. The smallest absolute Gasteiger partial charge is 0.123 e. The minimum Gasteiger partial charge on any atom is -0.345 e. The standard InChI is InChI=1S/C17H24FN/c1-6-14(5)17(7-2)19(13(3)4)12-15-8-10-16(18)11-9-15/h7-11,14H,3,6,12H2,1-2,4-5H3/b17-7-. The van der Waals surface area contributed by atoms with Crippen LogP contribution >= 0.6 is 0 Å². The molecule has 0 heterocycles. The van der Waals surface area contributed by atoms with Crippen molar-refractivity contribution in [2.75, 3.05) is 0 Å². The van der Waals surface area contributed by atoms with Crippen molar-refractivity contribution < 1.29 is 4.39 Å². The molecule has 0 spiro atoms. The van der Waals surface area contributed by atoms with Gasteiger partial charge in [-0.05, 0) is 43.9 Å². The molecule has 0 saturated heterocycles. The van der Waals surface area contributed by atoms with E-state index in [1.807, 2.05) is 19.1 Å². The Labute approximate surface area is 116 Å². The highest BCUT2D eigenvalue weighted by Crippen LogP contribution is 2.24. The Balaban J connectivity index is 2.95. The molecule has 0 aliphatic rings. The molecule has 1 aromatic rings. The Morgan fingerprint density at radius 2 is 1.95 bits per heavy atom. The monoisotopic (exact) mass is 261 g/mol. The summed E-state index contributed by atoms with van der Waals surface area (Å²) >= 11 is 0. The van der Waals surface area contributed by atoms with Crippen molar-refractivity contribution in [1.29, 1.82) is 0 Å². The molecule has 0 aliphatic carbocycles. The van der Waals surface area contributed by atoms with Crippen molar-refractivity contribution in [3.63, 3.8) is 0 Å². The fraction of sp³-hybridized carbons (Fsp3) is 0.412. The third-order valence-corrected chi connectivity index (χ3v) is 3.44. The maximum Gasteiger partial charge on any atom is 0.123 e. The van der Waals surface area contributed by atoms with Gasteiger partial charge in [0, 0.05) is 17.9 Å². The fourth-order valence-corrected chi connectivity index (χ4v) is 2.13. The molecule has 0 radical (unpaired) electrons. The van der Waals surface area contributed by atoms with Gasteiger partial charge in [-0.15, -0.1) is 0 Å². The van der Waals surface area contributed by atoms with Gasteiger partial charge in [-0.3, -0.25) is 0 Å². The van der Waals surface area contributed by atoms with Crippen LogP contribution in [0.4, 0.5) is 4.39 Å². The number of benzene rings is 1. The highest BCUT2D eigenvalue weighted by atomic mass is 19.1. The van der Waals surface area contributed by atoms with Gasteiger partial charge in [0.15, 0.2) is 0 Å². The summed E-state index contributed by atoms with van der Waals surface area (Å²) in [6.07, 6.45) is 3.24. The number of allylic oxidation sites excluding steroid dienone is 3. The molecule has 19 heavy (non-hydrogen) atoms. The first-order chi connectivity index (χ1) is 8.99. The third kappa shape index (κ3) is 4.23. The van der Waals surface area contributed by atoms with Gasteiger partial charge in [0.25, 0.3) is 0 Å². The molecule has 0 fully saturated rings. The Hall–Kier alpha value is -1.57. The first-order valence-electron chi connectivity index (χ1n) is 6.83. The molecule has 1 rings (SSSR count). The maximum absolute atomic E-state index is 12.9. The predicted molar refractivity (Wildman–Crippen MR) is 80.0 cm³/mol. The SMILES string of the molecule is C=C(C)N(Cc1ccc(F)cc1)/C(=C\C)C(C)CC. The van der Waals surface area contributed by atoms with Crippen LogP contribution in [0.5, 0.6) is 0 Å². The lowest BCUT2D eigenvalue weighted by Gasteiger charge is -2.31. The zero-order valence-electron chi connectivity index (χ0n) is 12.4. The summed E-state index contributed by atoms with van der Waals surface area (Å²) in [4.78, 5) is 2.21. The lowest BCUT2D eigenvalue weighted by Crippen LogP contribution is -2.24. The molecule has 1 nitrogen and oxygen atoms in total. The Kier molecular flexibility index (Phi) is 5.81. The second-order valence-electron chi connectivity index (χ2n) is 4.97. The molecule has 0 saturated carbocycles. The number of nitrogens with zero attached hydrogens (tertiary/aromatic N) is 1. The van der Waals surface area contributed by atoms with Crippen molar-refractivity contribution in [3.8, 4) is 0 Å². The maximum atomic E-state index is 12.9. The molecule has 0 bridgehead atoms. The second kappa shape index (κ2) is 7.13. The van der Waals surface area contributed by atoms with E-state index in [4.69, 9.17) is 0 Å². The average molecular weight is 261 g/mol. The van der Waals surface area contributed by atoms with Crippen LogP contribution in [0, 0.1) is 11.7 Å². The van der Waals surface area contributed by atoms with Gasteiger partial charge < -0.3 is 4.90 Å². The lowest BCUT2D eigenvalue weighted by molar-refractivity contribution is 0.364. The van der Waals surface area contributed by atoms with Crippen molar-refractivity contribution in [1.82, 2.24) is 4.90 Å². The van der Waals surface area contributed by atoms with Gasteiger partial charge in [-0.1, -0.05) is 38.6 Å². The van der Waals surface area contributed by atoms with Gasteiger partial charge >= 0.3 is 0 Å². The molecule has 0 N–H and O–H groups in total. The minimum atomic E-state index is -0.196. The van der Waals surface area contributed by atoms with Crippen LogP contribution < -0.4 is 0 Å². The lowest BCUT2D eigenvalue weighted by atomic mass is 10.0.